The number of benzene rings is 1. The molecule has 0 N–H and O–H groups in total. The number of carbonyl (C=O) groups excluding carboxylic acids is 1. The van der Waals surface area contributed by atoms with Gasteiger partial charge in [0.2, 0.25) is 0 Å². The van der Waals surface area contributed by atoms with Crippen LogP contribution < -0.4 is 0 Å². The van der Waals surface area contributed by atoms with Crippen LogP contribution in [-0.2, 0) is 9.53 Å². The van der Waals surface area contributed by atoms with Gasteiger partial charge in [-0.05, 0) is 24.6 Å². The van der Waals surface area contributed by atoms with Crippen molar-refractivity contribution in [3.63, 3.8) is 0 Å². The van der Waals surface area contributed by atoms with Gasteiger partial charge in [0.15, 0.2) is 0 Å². The number of non-ortho nitro benzene ring substituents is 1. The number of esters is 1. The Morgan fingerprint density at radius 2 is 2.24 bits per heavy atom. The molecule has 0 radical (unpaired) electrons. The third-order valence-electron chi connectivity index (χ3n) is 1.81. The standard InChI is InChI=1S/C11H10BrNO4/c1-2-17-11(14)4-3-8-5-9(12)7-10(6-8)13(15)16/h3-7H,2H2,1H3. The molecule has 1 aromatic carbocycles. The van der Waals surface area contributed by atoms with E-state index in [0.717, 1.165) is 0 Å². The number of nitrogens with zero attached hydrogens (tertiary/aromatic N) is 1. The molecule has 0 amide bonds. The number of ether oxygens (including phenoxy) is 1. The fraction of sp³-hybridized carbons (Fsp3) is 0.182. The zero-order valence-corrected chi connectivity index (χ0v) is 10.6. The zero-order valence-electron chi connectivity index (χ0n) is 9.05. The number of halogens is 1. The van der Waals surface area contributed by atoms with E-state index < -0.39 is 10.9 Å². The minimum absolute atomic E-state index is 0.0390. The van der Waals surface area contributed by atoms with Crippen molar-refractivity contribution in [3.05, 3.63) is 44.4 Å². The largest absolute Gasteiger partial charge is 0.463 e. The molecule has 0 heterocycles. The minimum Gasteiger partial charge on any atom is -0.463 e. The molecule has 1 aromatic rings. The van der Waals surface area contributed by atoms with E-state index in [1.165, 1.54) is 24.3 Å². The van der Waals surface area contributed by atoms with E-state index in [0.29, 0.717) is 16.6 Å². The lowest BCUT2D eigenvalue weighted by molar-refractivity contribution is -0.384. The van der Waals surface area contributed by atoms with Crippen molar-refractivity contribution in [2.75, 3.05) is 6.61 Å². The summed E-state index contributed by atoms with van der Waals surface area (Å²) in [5.41, 5.74) is 0.516. The lowest BCUT2D eigenvalue weighted by Gasteiger charge is -1.97. The summed E-state index contributed by atoms with van der Waals surface area (Å²) < 4.78 is 5.28. The molecule has 0 saturated heterocycles. The van der Waals surface area contributed by atoms with Crippen molar-refractivity contribution in [2.24, 2.45) is 0 Å². The molecule has 0 aliphatic rings. The Kier molecular flexibility index (Phi) is 4.84. The highest BCUT2D eigenvalue weighted by molar-refractivity contribution is 9.10. The Morgan fingerprint density at radius 1 is 1.53 bits per heavy atom. The van der Waals surface area contributed by atoms with Crippen LogP contribution in [0.25, 0.3) is 6.08 Å². The van der Waals surface area contributed by atoms with Crippen LogP contribution in [0.2, 0.25) is 0 Å². The summed E-state index contributed by atoms with van der Waals surface area (Å²) >= 11 is 3.16. The van der Waals surface area contributed by atoms with E-state index in [1.807, 2.05) is 0 Å². The lowest BCUT2D eigenvalue weighted by Crippen LogP contribution is -1.98. The highest BCUT2D eigenvalue weighted by Gasteiger charge is 2.07. The molecule has 0 aliphatic heterocycles. The summed E-state index contributed by atoms with van der Waals surface area (Å²) in [7, 11) is 0. The molecule has 0 aromatic heterocycles. The van der Waals surface area contributed by atoms with Gasteiger partial charge in [0.1, 0.15) is 0 Å². The Bertz CT molecular complexity index is 471. The van der Waals surface area contributed by atoms with Crippen LogP contribution in [0.4, 0.5) is 5.69 Å². The van der Waals surface area contributed by atoms with Gasteiger partial charge >= 0.3 is 5.97 Å². The SMILES string of the molecule is CCOC(=O)C=Cc1cc(Br)cc([N+](=O)[O-])c1. The van der Waals surface area contributed by atoms with Gasteiger partial charge in [0.05, 0.1) is 11.5 Å². The molecule has 0 aliphatic carbocycles. The molecular formula is C11H10BrNO4. The highest BCUT2D eigenvalue weighted by Crippen LogP contribution is 2.22. The smallest absolute Gasteiger partial charge is 0.330 e. The van der Waals surface area contributed by atoms with Gasteiger partial charge < -0.3 is 4.74 Å². The van der Waals surface area contributed by atoms with Gasteiger partial charge in [0, 0.05) is 22.7 Å². The Hall–Kier alpha value is -1.69. The number of hydrogen-bond donors (Lipinski definition) is 0. The van der Waals surface area contributed by atoms with E-state index in [1.54, 1.807) is 13.0 Å². The van der Waals surface area contributed by atoms with Gasteiger partial charge in [0.25, 0.3) is 5.69 Å². The lowest BCUT2D eigenvalue weighted by atomic mass is 10.2. The van der Waals surface area contributed by atoms with Gasteiger partial charge in [-0.15, -0.1) is 0 Å². The number of rotatable bonds is 4. The van der Waals surface area contributed by atoms with E-state index >= 15 is 0 Å². The molecule has 0 unspecified atom stereocenters. The summed E-state index contributed by atoms with van der Waals surface area (Å²) in [4.78, 5) is 21.2. The number of hydrogen-bond acceptors (Lipinski definition) is 4. The maximum absolute atomic E-state index is 11.1. The molecule has 0 spiro atoms. The second-order valence-corrected chi connectivity index (χ2v) is 4.00. The minimum atomic E-state index is -0.494. The predicted molar refractivity (Wildman–Crippen MR) is 66.5 cm³/mol. The van der Waals surface area contributed by atoms with Crippen LogP contribution in [0.15, 0.2) is 28.7 Å². The first-order valence-corrected chi connectivity index (χ1v) is 5.62. The molecule has 0 fully saturated rings. The molecule has 0 bridgehead atoms. The van der Waals surface area contributed by atoms with Crippen LogP contribution in [0.1, 0.15) is 12.5 Å². The Balaban J connectivity index is 2.91. The van der Waals surface area contributed by atoms with Crippen LogP contribution in [0.5, 0.6) is 0 Å². The summed E-state index contributed by atoms with van der Waals surface area (Å²) in [5, 5.41) is 10.6. The third-order valence-corrected chi connectivity index (χ3v) is 2.27. The van der Waals surface area contributed by atoms with Crippen molar-refractivity contribution in [2.45, 2.75) is 6.92 Å². The van der Waals surface area contributed by atoms with Crippen molar-refractivity contribution in [1.82, 2.24) is 0 Å². The second-order valence-electron chi connectivity index (χ2n) is 3.09. The molecule has 6 heteroatoms. The van der Waals surface area contributed by atoms with Crippen molar-refractivity contribution in [1.29, 1.82) is 0 Å². The van der Waals surface area contributed by atoms with Crippen molar-refractivity contribution >= 4 is 33.7 Å². The van der Waals surface area contributed by atoms with E-state index in [2.05, 4.69) is 15.9 Å². The molecule has 5 nitrogen and oxygen atoms in total. The third kappa shape index (κ3) is 4.36. The average molecular weight is 300 g/mol. The molecule has 0 saturated carbocycles. The normalized spacial score (nSPS) is 10.5. The fourth-order valence-corrected chi connectivity index (χ4v) is 1.65. The molecular weight excluding hydrogens is 290 g/mol. The first-order chi connectivity index (χ1) is 8.02. The van der Waals surface area contributed by atoms with Crippen molar-refractivity contribution in [3.8, 4) is 0 Å². The monoisotopic (exact) mass is 299 g/mol. The number of nitro groups is 1. The maximum atomic E-state index is 11.1. The fourth-order valence-electron chi connectivity index (χ4n) is 1.15. The van der Waals surface area contributed by atoms with Gasteiger partial charge in [-0.1, -0.05) is 15.9 Å². The quantitative estimate of drug-likeness (QED) is 0.371. The van der Waals surface area contributed by atoms with Crippen LogP contribution in [0, 0.1) is 10.1 Å². The molecule has 90 valence electrons. The first kappa shape index (κ1) is 13.4. The average Bonchev–Trinajstić information content (AvgIpc) is 2.26. The molecule has 1 rings (SSSR count). The van der Waals surface area contributed by atoms with Crippen LogP contribution >= 0.6 is 15.9 Å². The van der Waals surface area contributed by atoms with Gasteiger partial charge in [-0.2, -0.15) is 0 Å². The Labute approximate surface area is 106 Å². The summed E-state index contributed by atoms with van der Waals surface area (Å²) in [5.74, 6) is -0.477. The Morgan fingerprint density at radius 3 is 2.82 bits per heavy atom. The summed E-state index contributed by atoms with van der Waals surface area (Å²) in [6.45, 7) is 2.00. The first-order valence-electron chi connectivity index (χ1n) is 4.82. The maximum Gasteiger partial charge on any atom is 0.330 e. The topological polar surface area (TPSA) is 69.4 Å². The van der Waals surface area contributed by atoms with Crippen LogP contribution in [-0.4, -0.2) is 17.5 Å². The molecule has 0 atom stereocenters. The zero-order chi connectivity index (χ0) is 12.8. The predicted octanol–water partition coefficient (Wildman–Crippen LogP) is 2.93. The number of nitro benzene ring substituents is 1. The van der Waals surface area contributed by atoms with E-state index in [-0.39, 0.29) is 5.69 Å². The summed E-state index contributed by atoms with van der Waals surface area (Å²) in [6.07, 6.45) is 2.70. The van der Waals surface area contributed by atoms with E-state index in [9.17, 15) is 14.9 Å². The van der Waals surface area contributed by atoms with Gasteiger partial charge in [-0.25, -0.2) is 4.79 Å². The van der Waals surface area contributed by atoms with E-state index in [4.69, 9.17) is 4.74 Å². The highest BCUT2D eigenvalue weighted by atomic mass is 79.9. The summed E-state index contributed by atoms with van der Waals surface area (Å²) in [6, 6.07) is 4.44. The van der Waals surface area contributed by atoms with Crippen molar-refractivity contribution < 1.29 is 14.5 Å². The van der Waals surface area contributed by atoms with Crippen LogP contribution in [0.3, 0.4) is 0 Å². The second kappa shape index (κ2) is 6.15. The number of carbonyl (C=O) groups is 1. The molecule has 17 heavy (non-hydrogen) atoms. The van der Waals surface area contributed by atoms with Gasteiger partial charge in [-0.3, -0.25) is 10.1 Å².